The first-order valence-electron chi connectivity index (χ1n) is 8.47. The Morgan fingerprint density at radius 2 is 1.84 bits per heavy atom. The molecule has 25 heavy (non-hydrogen) atoms. The van der Waals surface area contributed by atoms with Gasteiger partial charge in [0.25, 0.3) is 5.91 Å². The lowest BCUT2D eigenvalue weighted by molar-refractivity contribution is -0.136. The van der Waals surface area contributed by atoms with Crippen LogP contribution in [0.3, 0.4) is 0 Å². The summed E-state index contributed by atoms with van der Waals surface area (Å²) in [7, 11) is 3.20. The fourth-order valence-corrected chi connectivity index (χ4v) is 2.54. The van der Waals surface area contributed by atoms with Gasteiger partial charge in [0, 0.05) is 32.6 Å². The van der Waals surface area contributed by atoms with E-state index in [0.29, 0.717) is 24.6 Å². The van der Waals surface area contributed by atoms with E-state index < -0.39 is 0 Å². The fourth-order valence-electron chi connectivity index (χ4n) is 2.54. The summed E-state index contributed by atoms with van der Waals surface area (Å²) in [6.45, 7) is 0.512. The number of aliphatic hydroxyl groups excluding tert-OH is 1. The third-order valence-corrected chi connectivity index (χ3v) is 4.16. The number of ether oxygens (including phenoxy) is 2. The molecule has 138 valence electrons. The molecule has 1 N–H and O–H groups in total. The van der Waals surface area contributed by atoms with Crippen LogP contribution in [0.2, 0.25) is 0 Å². The number of hydrogen-bond acceptors (Lipinski definition) is 5. The Labute approximate surface area is 148 Å². The third-order valence-electron chi connectivity index (χ3n) is 4.16. The van der Waals surface area contributed by atoms with E-state index in [0.717, 1.165) is 12.8 Å². The van der Waals surface area contributed by atoms with Gasteiger partial charge in [0.1, 0.15) is 0 Å². The molecule has 1 saturated carbocycles. The number of carbonyl (C=O) groups is 2. The van der Waals surface area contributed by atoms with Crippen molar-refractivity contribution in [3.05, 3.63) is 24.3 Å². The van der Waals surface area contributed by atoms with Crippen molar-refractivity contribution in [2.24, 2.45) is 0 Å². The molecule has 0 aromatic heterocycles. The normalized spacial score (nSPS) is 13.2. The molecule has 1 aromatic rings. The second-order valence-electron chi connectivity index (χ2n) is 6.05. The summed E-state index contributed by atoms with van der Waals surface area (Å²) < 4.78 is 10.8. The Morgan fingerprint density at radius 1 is 1.16 bits per heavy atom. The molecule has 2 amide bonds. The second kappa shape index (κ2) is 9.27. The molecule has 1 aliphatic carbocycles. The monoisotopic (exact) mass is 350 g/mol. The van der Waals surface area contributed by atoms with Gasteiger partial charge >= 0.3 is 0 Å². The van der Waals surface area contributed by atoms with Crippen molar-refractivity contribution in [2.45, 2.75) is 25.3 Å². The zero-order valence-corrected chi connectivity index (χ0v) is 14.8. The number of benzene rings is 1. The largest absolute Gasteiger partial charge is 0.493 e. The van der Waals surface area contributed by atoms with E-state index in [1.54, 1.807) is 31.2 Å². The summed E-state index contributed by atoms with van der Waals surface area (Å²) in [6.07, 6.45) is 2.16. The summed E-state index contributed by atoms with van der Waals surface area (Å²) in [5, 5.41) is 8.89. The summed E-state index contributed by atoms with van der Waals surface area (Å²) >= 11 is 0. The Hall–Kier alpha value is -2.28. The zero-order valence-electron chi connectivity index (χ0n) is 14.8. The van der Waals surface area contributed by atoms with E-state index in [9.17, 15) is 9.59 Å². The maximum atomic E-state index is 12.5. The fraction of sp³-hybridized carbons (Fsp3) is 0.556. The number of nitrogens with zero attached hydrogens (tertiary/aromatic N) is 2. The highest BCUT2D eigenvalue weighted by molar-refractivity contribution is 5.80. The van der Waals surface area contributed by atoms with E-state index in [2.05, 4.69) is 0 Å². The van der Waals surface area contributed by atoms with Crippen LogP contribution in [0.15, 0.2) is 24.3 Å². The van der Waals surface area contributed by atoms with Gasteiger partial charge in [-0.25, -0.2) is 0 Å². The Morgan fingerprint density at radius 3 is 2.44 bits per heavy atom. The smallest absolute Gasteiger partial charge is 0.260 e. The van der Waals surface area contributed by atoms with Gasteiger partial charge in [-0.1, -0.05) is 12.1 Å². The predicted molar refractivity (Wildman–Crippen MR) is 92.6 cm³/mol. The van der Waals surface area contributed by atoms with Crippen molar-refractivity contribution < 1.29 is 24.2 Å². The molecule has 0 aliphatic heterocycles. The highest BCUT2D eigenvalue weighted by Crippen LogP contribution is 2.28. The summed E-state index contributed by atoms with van der Waals surface area (Å²) in [5.41, 5.74) is 0. The van der Waals surface area contributed by atoms with Crippen LogP contribution in [-0.2, 0) is 9.59 Å². The molecule has 0 atom stereocenters. The van der Waals surface area contributed by atoms with Gasteiger partial charge in [-0.15, -0.1) is 0 Å². The first-order chi connectivity index (χ1) is 12.1. The molecule has 0 unspecified atom stereocenters. The maximum Gasteiger partial charge on any atom is 0.260 e. The van der Waals surface area contributed by atoms with Crippen LogP contribution in [0.1, 0.15) is 19.3 Å². The van der Waals surface area contributed by atoms with Crippen molar-refractivity contribution in [3.8, 4) is 11.5 Å². The number of carbonyl (C=O) groups excluding carboxylic acids is 2. The molecular weight excluding hydrogens is 324 g/mol. The molecule has 7 nitrogen and oxygen atoms in total. The highest BCUT2D eigenvalue weighted by atomic mass is 16.5. The molecule has 7 heteroatoms. The summed E-state index contributed by atoms with van der Waals surface area (Å²) in [5.74, 6) is 0.881. The molecule has 1 aliphatic rings. The van der Waals surface area contributed by atoms with Crippen molar-refractivity contribution in [3.63, 3.8) is 0 Å². The van der Waals surface area contributed by atoms with E-state index >= 15 is 0 Å². The molecule has 0 bridgehead atoms. The van der Waals surface area contributed by atoms with E-state index in [-0.39, 0.29) is 37.5 Å². The lowest BCUT2D eigenvalue weighted by atomic mass is 10.3. The van der Waals surface area contributed by atoms with Gasteiger partial charge in [-0.2, -0.15) is 0 Å². The minimum Gasteiger partial charge on any atom is -0.493 e. The molecule has 0 heterocycles. The lowest BCUT2D eigenvalue weighted by Crippen LogP contribution is -2.40. The van der Waals surface area contributed by atoms with Crippen LogP contribution >= 0.6 is 0 Å². The van der Waals surface area contributed by atoms with Gasteiger partial charge in [-0.05, 0) is 25.0 Å². The Bertz CT molecular complexity index is 589. The first kappa shape index (κ1) is 19.1. The van der Waals surface area contributed by atoms with Crippen molar-refractivity contribution in [2.75, 3.05) is 40.5 Å². The highest BCUT2D eigenvalue weighted by Gasteiger charge is 2.33. The number of hydrogen-bond donors (Lipinski definition) is 1. The molecule has 2 rings (SSSR count). The van der Waals surface area contributed by atoms with Crippen LogP contribution in [0.5, 0.6) is 11.5 Å². The minimum atomic E-state index is -0.133. The van der Waals surface area contributed by atoms with Gasteiger partial charge < -0.3 is 24.4 Å². The van der Waals surface area contributed by atoms with Crippen molar-refractivity contribution in [1.29, 1.82) is 0 Å². The second-order valence-corrected chi connectivity index (χ2v) is 6.05. The Balaban J connectivity index is 1.87. The number of rotatable bonds is 10. The van der Waals surface area contributed by atoms with Crippen LogP contribution in [0.25, 0.3) is 0 Å². The topological polar surface area (TPSA) is 79.3 Å². The summed E-state index contributed by atoms with van der Waals surface area (Å²) in [4.78, 5) is 27.7. The third kappa shape index (κ3) is 5.63. The standard InChI is InChI=1S/C18H26N2O5/c1-19(11-12-21)17(22)9-10-20(14-7-8-14)18(23)13-25-16-6-4-3-5-15(16)24-2/h3-6,14,21H,7-13H2,1-2H3. The Kier molecular flexibility index (Phi) is 7.06. The quantitative estimate of drug-likeness (QED) is 0.678. The average Bonchev–Trinajstić information content (AvgIpc) is 3.45. The number of likely N-dealkylation sites (N-methyl/N-ethyl adjacent to an activating group) is 1. The molecular formula is C18H26N2O5. The van der Waals surface area contributed by atoms with Crippen LogP contribution in [0, 0.1) is 0 Å². The van der Waals surface area contributed by atoms with Gasteiger partial charge in [-0.3, -0.25) is 9.59 Å². The number of methoxy groups -OCH3 is 1. The summed E-state index contributed by atoms with van der Waals surface area (Å²) in [6, 6.07) is 7.37. The number of aliphatic hydroxyl groups is 1. The number of amides is 2. The van der Waals surface area contributed by atoms with E-state index in [4.69, 9.17) is 14.6 Å². The van der Waals surface area contributed by atoms with Crippen molar-refractivity contribution in [1.82, 2.24) is 9.80 Å². The van der Waals surface area contributed by atoms with E-state index in [1.807, 2.05) is 12.1 Å². The molecule has 1 fully saturated rings. The lowest BCUT2D eigenvalue weighted by Gasteiger charge is -2.24. The van der Waals surface area contributed by atoms with Crippen LogP contribution < -0.4 is 9.47 Å². The molecule has 0 radical (unpaired) electrons. The average molecular weight is 350 g/mol. The number of para-hydroxylation sites is 2. The van der Waals surface area contributed by atoms with Gasteiger partial charge in [0.05, 0.1) is 13.7 Å². The molecule has 1 aromatic carbocycles. The maximum absolute atomic E-state index is 12.5. The first-order valence-corrected chi connectivity index (χ1v) is 8.47. The van der Waals surface area contributed by atoms with Gasteiger partial charge in [0.2, 0.25) is 5.91 Å². The molecule has 0 saturated heterocycles. The minimum absolute atomic E-state index is 0.0692. The predicted octanol–water partition coefficient (Wildman–Crippen LogP) is 0.906. The SMILES string of the molecule is COc1ccccc1OCC(=O)N(CCC(=O)N(C)CCO)C1CC1. The molecule has 0 spiro atoms. The van der Waals surface area contributed by atoms with Crippen LogP contribution in [-0.4, -0.2) is 73.2 Å². The van der Waals surface area contributed by atoms with Crippen molar-refractivity contribution >= 4 is 11.8 Å². The zero-order chi connectivity index (χ0) is 18.2. The van der Waals surface area contributed by atoms with Crippen LogP contribution in [0.4, 0.5) is 0 Å². The van der Waals surface area contributed by atoms with Gasteiger partial charge in [0.15, 0.2) is 18.1 Å². The van der Waals surface area contributed by atoms with E-state index in [1.165, 1.54) is 4.90 Å².